The molecule has 0 spiro atoms. The van der Waals surface area contributed by atoms with Crippen LogP contribution in [0.1, 0.15) is 18.9 Å². The molecule has 1 aromatic rings. The van der Waals surface area contributed by atoms with E-state index in [1.807, 2.05) is 0 Å². The van der Waals surface area contributed by atoms with Crippen molar-refractivity contribution in [1.29, 1.82) is 0 Å². The van der Waals surface area contributed by atoms with Gasteiger partial charge in [-0.3, -0.25) is 0 Å². The summed E-state index contributed by atoms with van der Waals surface area (Å²) < 4.78 is 5.26. The molecule has 1 heterocycles. The molecule has 1 N–H and O–H groups in total. The smallest absolute Gasteiger partial charge is 0.119 e. The van der Waals surface area contributed by atoms with Crippen molar-refractivity contribution < 1.29 is 4.74 Å². The lowest BCUT2D eigenvalue weighted by Crippen LogP contribution is -2.47. The van der Waals surface area contributed by atoms with Crippen molar-refractivity contribution in [3.8, 4) is 5.75 Å². The molecule has 2 unspecified atom stereocenters. The van der Waals surface area contributed by atoms with Crippen LogP contribution in [0, 0.1) is 12.8 Å². The van der Waals surface area contributed by atoms with Gasteiger partial charge in [0.15, 0.2) is 0 Å². The van der Waals surface area contributed by atoms with E-state index in [4.69, 9.17) is 4.74 Å². The number of hydrogen-bond acceptors (Lipinski definition) is 3. The van der Waals surface area contributed by atoms with Crippen LogP contribution in [0.5, 0.6) is 5.75 Å². The zero-order valence-corrected chi connectivity index (χ0v) is 11.9. The van der Waals surface area contributed by atoms with E-state index in [0.717, 1.165) is 18.8 Å². The largest absolute Gasteiger partial charge is 0.497 e. The van der Waals surface area contributed by atoms with Crippen LogP contribution < -0.4 is 15.0 Å². The van der Waals surface area contributed by atoms with Crippen molar-refractivity contribution in [2.45, 2.75) is 26.3 Å². The molecule has 1 saturated heterocycles. The van der Waals surface area contributed by atoms with Gasteiger partial charge in [-0.2, -0.15) is 0 Å². The fourth-order valence-corrected chi connectivity index (χ4v) is 2.90. The number of nitrogens with zero attached hydrogens (tertiary/aromatic N) is 1. The van der Waals surface area contributed by atoms with Gasteiger partial charge in [-0.1, -0.05) is 6.92 Å². The first-order valence-corrected chi connectivity index (χ1v) is 6.72. The SMILES string of the molecule is CNC1CCN(c2ccc(OC)cc2C)CC1C. The number of ether oxygens (including phenoxy) is 1. The molecule has 1 fully saturated rings. The van der Waals surface area contributed by atoms with Crippen LogP contribution in [0.25, 0.3) is 0 Å². The lowest BCUT2D eigenvalue weighted by Gasteiger charge is -2.38. The molecule has 2 rings (SSSR count). The molecule has 0 radical (unpaired) electrons. The minimum Gasteiger partial charge on any atom is -0.497 e. The second-order valence-electron chi connectivity index (χ2n) is 5.26. The van der Waals surface area contributed by atoms with E-state index < -0.39 is 0 Å². The van der Waals surface area contributed by atoms with Gasteiger partial charge >= 0.3 is 0 Å². The summed E-state index contributed by atoms with van der Waals surface area (Å²) in [4.78, 5) is 2.49. The highest BCUT2D eigenvalue weighted by Crippen LogP contribution is 2.28. The lowest BCUT2D eigenvalue weighted by molar-refractivity contribution is 0.338. The second kappa shape index (κ2) is 5.61. The van der Waals surface area contributed by atoms with Gasteiger partial charge in [0.05, 0.1) is 7.11 Å². The minimum absolute atomic E-state index is 0.653. The van der Waals surface area contributed by atoms with Crippen LogP contribution in [0.15, 0.2) is 18.2 Å². The van der Waals surface area contributed by atoms with Crippen LogP contribution >= 0.6 is 0 Å². The van der Waals surface area contributed by atoms with Crippen LogP contribution in [-0.4, -0.2) is 33.3 Å². The highest BCUT2D eigenvalue weighted by atomic mass is 16.5. The maximum Gasteiger partial charge on any atom is 0.119 e. The van der Waals surface area contributed by atoms with Crippen molar-refractivity contribution in [1.82, 2.24) is 5.32 Å². The molecule has 3 nitrogen and oxygen atoms in total. The second-order valence-corrected chi connectivity index (χ2v) is 5.26. The predicted octanol–water partition coefficient (Wildman–Crippen LogP) is 2.44. The van der Waals surface area contributed by atoms with Gasteiger partial charge < -0.3 is 15.0 Å². The van der Waals surface area contributed by atoms with Gasteiger partial charge in [0.1, 0.15) is 5.75 Å². The van der Waals surface area contributed by atoms with E-state index in [0.29, 0.717) is 12.0 Å². The summed E-state index contributed by atoms with van der Waals surface area (Å²) in [5, 5.41) is 3.41. The molecule has 1 aromatic carbocycles. The van der Waals surface area contributed by atoms with Gasteiger partial charge in [0.25, 0.3) is 0 Å². The summed E-state index contributed by atoms with van der Waals surface area (Å²) >= 11 is 0. The van der Waals surface area contributed by atoms with Gasteiger partial charge in [0.2, 0.25) is 0 Å². The van der Waals surface area contributed by atoms with Crippen molar-refractivity contribution in [3.05, 3.63) is 23.8 Å². The van der Waals surface area contributed by atoms with Gasteiger partial charge in [-0.05, 0) is 50.1 Å². The minimum atomic E-state index is 0.653. The molecule has 2 atom stereocenters. The van der Waals surface area contributed by atoms with Gasteiger partial charge in [0, 0.05) is 24.8 Å². The molecule has 0 aliphatic carbocycles. The van der Waals surface area contributed by atoms with Crippen LogP contribution in [-0.2, 0) is 0 Å². The van der Waals surface area contributed by atoms with Crippen molar-refractivity contribution in [3.63, 3.8) is 0 Å². The fourth-order valence-electron chi connectivity index (χ4n) is 2.90. The standard InChI is InChI=1S/C15H24N2O/c1-11-9-13(18-4)5-6-15(11)17-8-7-14(16-3)12(2)10-17/h5-6,9,12,14,16H,7-8,10H2,1-4H3. The number of hydrogen-bond donors (Lipinski definition) is 1. The molecule has 18 heavy (non-hydrogen) atoms. The quantitative estimate of drug-likeness (QED) is 0.889. The highest BCUT2D eigenvalue weighted by molar-refractivity contribution is 5.56. The molecular formula is C15H24N2O. The van der Waals surface area contributed by atoms with E-state index in [-0.39, 0.29) is 0 Å². The summed E-state index contributed by atoms with van der Waals surface area (Å²) in [6, 6.07) is 7.00. The zero-order valence-electron chi connectivity index (χ0n) is 11.9. The number of aryl methyl sites for hydroxylation is 1. The van der Waals surface area contributed by atoms with Crippen molar-refractivity contribution in [2.75, 3.05) is 32.1 Å². The number of anilines is 1. The average molecular weight is 248 g/mol. The Bertz CT molecular complexity index is 405. The molecule has 1 aliphatic heterocycles. The molecule has 0 saturated carbocycles. The van der Waals surface area contributed by atoms with Crippen LogP contribution in [0.2, 0.25) is 0 Å². The number of benzene rings is 1. The first kappa shape index (κ1) is 13.2. The number of nitrogens with one attached hydrogen (secondary N) is 1. The first-order chi connectivity index (χ1) is 8.65. The third-order valence-electron chi connectivity index (χ3n) is 4.02. The van der Waals surface area contributed by atoms with E-state index in [2.05, 4.69) is 49.3 Å². The Morgan fingerprint density at radius 1 is 1.39 bits per heavy atom. The Morgan fingerprint density at radius 2 is 2.17 bits per heavy atom. The molecular weight excluding hydrogens is 224 g/mol. The summed E-state index contributed by atoms with van der Waals surface area (Å²) in [7, 11) is 3.78. The Morgan fingerprint density at radius 3 is 2.72 bits per heavy atom. The van der Waals surface area contributed by atoms with Crippen molar-refractivity contribution >= 4 is 5.69 Å². The third-order valence-corrected chi connectivity index (χ3v) is 4.02. The van der Waals surface area contributed by atoms with E-state index in [9.17, 15) is 0 Å². The topological polar surface area (TPSA) is 24.5 Å². The summed E-state index contributed by atoms with van der Waals surface area (Å²) in [5.74, 6) is 1.62. The Balaban J connectivity index is 2.13. The third kappa shape index (κ3) is 2.61. The van der Waals surface area contributed by atoms with Crippen LogP contribution in [0.4, 0.5) is 5.69 Å². The predicted molar refractivity (Wildman–Crippen MR) is 76.6 cm³/mol. The van der Waals surface area contributed by atoms with E-state index in [1.165, 1.54) is 17.7 Å². The number of piperidine rings is 1. The molecule has 3 heteroatoms. The highest BCUT2D eigenvalue weighted by Gasteiger charge is 2.25. The first-order valence-electron chi connectivity index (χ1n) is 6.72. The van der Waals surface area contributed by atoms with Crippen molar-refractivity contribution in [2.24, 2.45) is 5.92 Å². The normalized spacial score (nSPS) is 24.1. The summed E-state index contributed by atoms with van der Waals surface area (Å²) in [6.45, 7) is 6.74. The molecule has 0 bridgehead atoms. The Kier molecular flexibility index (Phi) is 4.12. The average Bonchev–Trinajstić information content (AvgIpc) is 2.38. The van der Waals surface area contributed by atoms with E-state index in [1.54, 1.807) is 7.11 Å². The Hall–Kier alpha value is -1.22. The zero-order chi connectivity index (χ0) is 13.1. The lowest BCUT2D eigenvalue weighted by atomic mass is 9.93. The van der Waals surface area contributed by atoms with Gasteiger partial charge in [-0.25, -0.2) is 0 Å². The summed E-state index contributed by atoms with van der Waals surface area (Å²) in [6.07, 6.45) is 1.21. The fraction of sp³-hybridized carbons (Fsp3) is 0.600. The Labute approximate surface area is 110 Å². The molecule has 0 amide bonds. The maximum absolute atomic E-state index is 5.26. The summed E-state index contributed by atoms with van der Waals surface area (Å²) in [5.41, 5.74) is 2.64. The molecule has 1 aliphatic rings. The van der Waals surface area contributed by atoms with E-state index >= 15 is 0 Å². The van der Waals surface area contributed by atoms with Gasteiger partial charge in [-0.15, -0.1) is 0 Å². The van der Waals surface area contributed by atoms with Crippen LogP contribution in [0.3, 0.4) is 0 Å². The number of methoxy groups -OCH3 is 1. The number of rotatable bonds is 3. The maximum atomic E-state index is 5.26. The monoisotopic (exact) mass is 248 g/mol. The molecule has 0 aromatic heterocycles. The molecule has 100 valence electrons.